The first-order chi connectivity index (χ1) is 14.7. The summed E-state index contributed by atoms with van der Waals surface area (Å²) >= 11 is 0. The fraction of sp³-hybridized carbons (Fsp3) is 0.261. The van der Waals surface area contributed by atoms with Crippen LogP contribution in [0, 0.1) is 0 Å². The summed E-state index contributed by atoms with van der Waals surface area (Å²) in [4.78, 5) is 27.2. The molecule has 3 aromatic rings. The van der Waals surface area contributed by atoms with E-state index in [-0.39, 0.29) is 18.2 Å². The van der Waals surface area contributed by atoms with Crippen molar-refractivity contribution in [3.8, 4) is 5.75 Å². The van der Waals surface area contributed by atoms with Gasteiger partial charge in [0.1, 0.15) is 17.6 Å². The summed E-state index contributed by atoms with van der Waals surface area (Å²) in [6, 6.07) is 16.3. The number of aromatic nitrogens is 1. The summed E-state index contributed by atoms with van der Waals surface area (Å²) in [5, 5.41) is 11.8. The molecule has 2 N–H and O–H groups in total. The summed E-state index contributed by atoms with van der Waals surface area (Å²) in [5.41, 5.74) is 0.858. The number of aromatic carboxylic acids is 1. The molecule has 0 aliphatic heterocycles. The fourth-order valence-corrected chi connectivity index (χ4v) is 2.83. The molecule has 1 amide bonds. The largest absolute Gasteiger partial charge is 0.484 e. The predicted octanol–water partition coefficient (Wildman–Crippen LogP) is 4.57. The van der Waals surface area contributed by atoms with E-state index in [1.165, 1.54) is 0 Å². The lowest BCUT2D eigenvalue weighted by atomic mass is 9.98. The Labute approximate surface area is 179 Å². The lowest BCUT2D eigenvalue weighted by Crippen LogP contribution is -2.35. The first-order valence-electron chi connectivity index (χ1n) is 9.66. The normalized spacial score (nSPS) is 12.1. The third-order valence-corrected chi connectivity index (χ3v) is 4.12. The number of carboxylic acids is 1. The van der Waals surface area contributed by atoms with Crippen molar-refractivity contribution in [1.82, 2.24) is 10.3 Å². The number of oxazole rings is 1. The molecule has 0 bridgehead atoms. The predicted molar refractivity (Wildman–Crippen MR) is 112 cm³/mol. The number of ether oxygens (including phenoxy) is 2. The van der Waals surface area contributed by atoms with Gasteiger partial charge in [0.2, 0.25) is 5.89 Å². The second-order valence-electron chi connectivity index (χ2n) is 7.78. The number of carbonyl (C=O) groups is 2. The minimum absolute atomic E-state index is 0.0355. The Kier molecular flexibility index (Phi) is 6.59. The first-order valence-corrected chi connectivity index (χ1v) is 9.66. The number of hydrogen-bond acceptors (Lipinski definition) is 6. The van der Waals surface area contributed by atoms with E-state index in [1.807, 2.05) is 36.4 Å². The quantitative estimate of drug-likeness (QED) is 0.572. The molecular weight excluding hydrogens is 400 g/mol. The first kappa shape index (κ1) is 21.9. The van der Waals surface area contributed by atoms with Crippen LogP contribution in [0.3, 0.4) is 0 Å². The number of benzene rings is 2. The fourth-order valence-electron chi connectivity index (χ4n) is 2.83. The molecular formula is C23H24N2O6. The number of rotatable bonds is 7. The van der Waals surface area contributed by atoms with Crippen molar-refractivity contribution in [3.63, 3.8) is 0 Å². The lowest BCUT2D eigenvalue weighted by molar-refractivity contribution is 0.0511. The molecule has 0 fully saturated rings. The molecule has 0 saturated heterocycles. The van der Waals surface area contributed by atoms with Crippen LogP contribution in [0.5, 0.6) is 5.75 Å². The van der Waals surface area contributed by atoms with Gasteiger partial charge >= 0.3 is 12.1 Å². The van der Waals surface area contributed by atoms with Crippen LogP contribution in [0.1, 0.15) is 54.3 Å². The van der Waals surface area contributed by atoms with Crippen molar-refractivity contribution in [2.24, 2.45) is 0 Å². The summed E-state index contributed by atoms with van der Waals surface area (Å²) in [7, 11) is 0. The molecule has 1 atom stereocenters. The molecule has 31 heavy (non-hydrogen) atoms. The van der Waals surface area contributed by atoms with Gasteiger partial charge in [0.05, 0.1) is 6.04 Å². The second-order valence-corrected chi connectivity index (χ2v) is 7.78. The molecule has 0 saturated carbocycles. The molecule has 8 heteroatoms. The Morgan fingerprint density at radius 1 is 1.10 bits per heavy atom. The minimum atomic E-state index is -1.17. The molecule has 162 valence electrons. The summed E-state index contributed by atoms with van der Waals surface area (Å²) in [6.45, 7) is 5.37. The molecule has 0 spiro atoms. The van der Waals surface area contributed by atoms with E-state index in [9.17, 15) is 9.59 Å². The standard InChI is InChI=1S/C23H24N2O6/c1-23(2,3)31-22(28)25-20(15-8-5-4-6-9-15)16-10-7-11-17(12-16)29-14-19-24-18(13-30-19)21(26)27/h4-13,20H,14H2,1-3H3,(H,25,28)(H,26,27)/t20-/m0/s1. The molecule has 0 aliphatic carbocycles. The second kappa shape index (κ2) is 9.34. The van der Waals surface area contributed by atoms with E-state index in [0.29, 0.717) is 5.75 Å². The number of nitrogens with zero attached hydrogens (tertiary/aromatic N) is 1. The SMILES string of the molecule is CC(C)(C)OC(=O)N[C@@H](c1ccccc1)c1cccc(OCc2nc(C(=O)O)co2)c1. The maximum atomic E-state index is 12.4. The van der Waals surface area contributed by atoms with E-state index < -0.39 is 23.7 Å². The Hall–Kier alpha value is -3.81. The van der Waals surface area contributed by atoms with Crippen molar-refractivity contribution in [2.45, 2.75) is 39.0 Å². The minimum Gasteiger partial charge on any atom is -0.484 e. The highest BCUT2D eigenvalue weighted by Gasteiger charge is 2.22. The van der Waals surface area contributed by atoms with Crippen LogP contribution >= 0.6 is 0 Å². The van der Waals surface area contributed by atoms with Crippen molar-refractivity contribution in [2.75, 3.05) is 0 Å². The average Bonchev–Trinajstić information content (AvgIpc) is 3.20. The maximum Gasteiger partial charge on any atom is 0.408 e. The van der Waals surface area contributed by atoms with Gasteiger partial charge in [-0.25, -0.2) is 14.6 Å². The number of hydrogen-bond donors (Lipinski definition) is 2. The van der Waals surface area contributed by atoms with Crippen molar-refractivity contribution in [1.29, 1.82) is 0 Å². The van der Waals surface area contributed by atoms with Gasteiger partial charge < -0.3 is 24.3 Å². The number of carbonyl (C=O) groups excluding carboxylic acids is 1. The zero-order chi connectivity index (χ0) is 22.4. The zero-order valence-corrected chi connectivity index (χ0v) is 17.5. The molecule has 2 aromatic carbocycles. The van der Waals surface area contributed by atoms with Crippen LogP contribution in [0.15, 0.2) is 65.3 Å². The number of amides is 1. The Morgan fingerprint density at radius 2 is 1.81 bits per heavy atom. The van der Waals surface area contributed by atoms with Gasteiger partial charge in [0.15, 0.2) is 12.3 Å². The van der Waals surface area contributed by atoms with Crippen LogP contribution in [0.4, 0.5) is 4.79 Å². The van der Waals surface area contributed by atoms with Gasteiger partial charge in [-0.1, -0.05) is 42.5 Å². The molecule has 3 rings (SSSR count). The highest BCUT2D eigenvalue weighted by molar-refractivity contribution is 5.84. The average molecular weight is 424 g/mol. The highest BCUT2D eigenvalue weighted by atomic mass is 16.6. The highest BCUT2D eigenvalue weighted by Crippen LogP contribution is 2.26. The van der Waals surface area contributed by atoms with E-state index >= 15 is 0 Å². The molecule has 0 aliphatic rings. The topological polar surface area (TPSA) is 111 Å². The summed E-state index contributed by atoms with van der Waals surface area (Å²) in [6.07, 6.45) is 0.529. The van der Waals surface area contributed by atoms with Crippen LogP contribution in [0.2, 0.25) is 0 Å². The van der Waals surface area contributed by atoms with Gasteiger partial charge in [-0.15, -0.1) is 0 Å². The van der Waals surface area contributed by atoms with Gasteiger partial charge in [0.25, 0.3) is 0 Å². The van der Waals surface area contributed by atoms with Crippen molar-refractivity contribution >= 4 is 12.1 Å². The van der Waals surface area contributed by atoms with Gasteiger partial charge in [-0.05, 0) is 44.0 Å². The van der Waals surface area contributed by atoms with E-state index in [1.54, 1.807) is 39.0 Å². The molecule has 1 aromatic heterocycles. The smallest absolute Gasteiger partial charge is 0.408 e. The third-order valence-electron chi connectivity index (χ3n) is 4.12. The molecule has 0 unspecified atom stereocenters. The Bertz CT molecular complexity index is 1040. The summed E-state index contributed by atoms with van der Waals surface area (Å²) in [5.74, 6) is -0.510. The van der Waals surface area contributed by atoms with E-state index in [4.69, 9.17) is 19.0 Å². The number of nitrogens with one attached hydrogen (secondary N) is 1. The zero-order valence-electron chi connectivity index (χ0n) is 17.5. The molecule has 0 radical (unpaired) electrons. The molecule has 1 heterocycles. The van der Waals surface area contributed by atoms with Crippen molar-refractivity contribution < 1.29 is 28.6 Å². The van der Waals surface area contributed by atoms with E-state index in [0.717, 1.165) is 17.4 Å². The lowest BCUT2D eigenvalue weighted by Gasteiger charge is -2.24. The van der Waals surface area contributed by atoms with Gasteiger partial charge in [-0.3, -0.25) is 0 Å². The number of alkyl carbamates (subject to hydrolysis) is 1. The van der Waals surface area contributed by atoms with Crippen LogP contribution in [0.25, 0.3) is 0 Å². The Balaban J connectivity index is 1.79. The monoisotopic (exact) mass is 424 g/mol. The maximum absolute atomic E-state index is 12.4. The molecule has 8 nitrogen and oxygen atoms in total. The van der Waals surface area contributed by atoms with Crippen LogP contribution < -0.4 is 10.1 Å². The summed E-state index contributed by atoms with van der Waals surface area (Å²) < 4.78 is 16.2. The number of carboxylic acid groups (broad SMARTS) is 1. The van der Waals surface area contributed by atoms with Crippen molar-refractivity contribution in [3.05, 3.63) is 83.6 Å². The Morgan fingerprint density at radius 3 is 2.45 bits per heavy atom. The third kappa shape index (κ3) is 6.33. The van der Waals surface area contributed by atoms with E-state index in [2.05, 4.69) is 10.3 Å². The van der Waals surface area contributed by atoms with Gasteiger partial charge in [0, 0.05) is 0 Å². The van der Waals surface area contributed by atoms with Gasteiger partial charge in [-0.2, -0.15) is 0 Å². The van der Waals surface area contributed by atoms with Crippen LogP contribution in [-0.4, -0.2) is 27.8 Å². The van der Waals surface area contributed by atoms with Crippen LogP contribution in [-0.2, 0) is 11.3 Å².